The van der Waals surface area contributed by atoms with E-state index >= 15 is 0 Å². The smallest absolute Gasteiger partial charge is 0.243 e. The molecule has 1 aromatic carbocycles. The second-order valence-electron chi connectivity index (χ2n) is 6.36. The van der Waals surface area contributed by atoms with Gasteiger partial charge in [0.25, 0.3) is 0 Å². The fourth-order valence-electron chi connectivity index (χ4n) is 3.15. The molecule has 4 nitrogen and oxygen atoms in total. The summed E-state index contributed by atoms with van der Waals surface area (Å²) in [7, 11) is 0. The van der Waals surface area contributed by atoms with Crippen LogP contribution in [0.25, 0.3) is 0 Å². The zero-order valence-electron chi connectivity index (χ0n) is 13.7. The Morgan fingerprint density at radius 3 is 2.23 bits per heavy atom. The molecule has 22 heavy (non-hydrogen) atoms. The summed E-state index contributed by atoms with van der Waals surface area (Å²) in [4.78, 5) is 24.0. The van der Waals surface area contributed by atoms with Gasteiger partial charge < -0.3 is 10.6 Å². The van der Waals surface area contributed by atoms with Crippen molar-refractivity contribution in [2.24, 2.45) is 5.92 Å². The highest BCUT2D eigenvalue weighted by Crippen LogP contribution is 2.28. The van der Waals surface area contributed by atoms with Crippen LogP contribution in [0.4, 0.5) is 0 Å². The number of carbonyl (C=O) groups excluding carboxylic acids is 2. The third-order valence-electron chi connectivity index (χ3n) is 4.45. The van der Waals surface area contributed by atoms with Crippen LogP contribution in [0.15, 0.2) is 24.3 Å². The number of hydrogen-bond acceptors (Lipinski definition) is 2. The summed E-state index contributed by atoms with van der Waals surface area (Å²) in [6.45, 7) is 5.49. The summed E-state index contributed by atoms with van der Waals surface area (Å²) >= 11 is 0. The van der Waals surface area contributed by atoms with Gasteiger partial charge in [-0.25, -0.2) is 0 Å². The lowest BCUT2D eigenvalue weighted by Crippen LogP contribution is -2.50. The first-order chi connectivity index (χ1) is 10.5. The average molecular weight is 302 g/mol. The van der Waals surface area contributed by atoms with Crippen LogP contribution in [0.1, 0.15) is 56.7 Å². The zero-order valence-corrected chi connectivity index (χ0v) is 13.7. The van der Waals surface area contributed by atoms with E-state index in [9.17, 15) is 9.59 Å². The van der Waals surface area contributed by atoms with Gasteiger partial charge in [0.2, 0.25) is 11.8 Å². The van der Waals surface area contributed by atoms with Gasteiger partial charge >= 0.3 is 0 Å². The van der Waals surface area contributed by atoms with Gasteiger partial charge in [0.1, 0.15) is 6.04 Å². The Hall–Kier alpha value is -1.84. The van der Waals surface area contributed by atoms with Crippen LogP contribution >= 0.6 is 0 Å². The number of hydrogen-bond donors (Lipinski definition) is 2. The van der Waals surface area contributed by atoms with Crippen molar-refractivity contribution in [2.75, 3.05) is 0 Å². The van der Waals surface area contributed by atoms with Crippen molar-refractivity contribution in [2.45, 2.75) is 58.5 Å². The molecule has 2 N–H and O–H groups in total. The minimum atomic E-state index is -0.409. The van der Waals surface area contributed by atoms with Gasteiger partial charge in [0, 0.05) is 6.92 Å². The van der Waals surface area contributed by atoms with Gasteiger partial charge in [-0.15, -0.1) is 0 Å². The lowest BCUT2D eigenvalue weighted by Gasteiger charge is -2.25. The highest BCUT2D eigenvalue weighted by atomic mass is 16.2. The van der Waals surface area contributed by atoms with Crippen LogP contribution in [-0.4, -0.2) is 17.9 Å². The van der Waals surface area contributed by atoms with Crippen molar-refractivity contribution in [3.05, 3.63) is 35.4 Å². The number of aryl methyl sites for hydroxylation is 1. The average Bonchev–Trinajstić information content (AvgIpc) is 2.99. The van der Waals surface area contributed by atoms with E-state index in [2.05, 4.69) is 10.6 Å². The molecule has 1 aliphatic rings. The van der Waals surface area contributed by atoms with Gasteiger partial charge in [0.15, 0.2) is 0 Å². The first-order valence-corrected chi connectivity index (χ1v) is 8.11. The van der Waals surface area contributed by atoms with Crippen molar-refractivity contribution in [3.63, 3.8) is 0 Å². The molecular weight excluding hydrogens is 276 g/mol. The van der Waals surface area contributed by atoms with Crippen LogP contribution in [0.2, 0.25) is 0 Å². The molecule has 120 valence electrons. The predicted octanol–water partition coefficient (Wildman–Crippen LogP) is 2.87. The van der Waals surface area contributed by atoms with E-state index in [1.165, 1.54) is 12.5 Å². The number of rotatable bonds is 5. The molecule has 1 aromatic rings. The van der Waals surface area contributed by atoms with Crippen molar-refractivity contribution in [1.29, 1.82) is 0 Å². The van der Waals surface area contributed by atoms with Gasteiger partial charge in [-0.2, -0.15) is 0 Å². The molecule has 0 saturated heterocycles. The summed E-state index contributed by atoms with van der Waals surface area (Å²) in [6.07, 6.45) is 4.30. The zero-order chi connectivity index (χ0) is 16.1. The van der Waals surface area contributed by atoms with Crippen molar-refractivity contribution >= 4 is 11.8 Å². The predicted molar refractivity (Wildman–Crippen MR) is 87.3 cm³/mol. The molecule has 0 aliphatic heterocycles. The van der Waals surface area contributed by atoms with E-state index in [0.717, 1.165) is 31.2 Å². The molecule has 0 heterocycles. The molecular formula is C18H26N2O2. The number of benzene rings is 1. The Morgan fingerprint density at radius 1 is 1.09 bits per heavy atom. The SMILES string of the molecule is CC(=O)NC(C(=O)NC(C)c1ccc(C)cc1)C1CCCC1. The van der Waals surface area contributed by atoms with E-state index < -0.39 is 6.04 Å². The Labute approximate surface area is 132 Å². The fraction of sp³-hybridized carbons (Fsp3) is 0.556. The molecule has 0 bridgehead atoms. The largest absolute Gasteiger partial charge is 0.348 e. The van der Waals surface area contributed by atoms with E-state index in [1.54, 1.807) is 0 Å². The highest BCUT2D eigenvalue weighted by Gasteiger charge is 2.31. The first kappa shape index (κ1) is 16.5. The standard InChI is InChI=1S/C18H26N2O2/c1-12-8-10-15(11-9-12)13(2)19-18(22)17(20-14(3)21)16-6-4-5-7-16/h8-11,13,16-17H,4-7H2,1-3H3,(H,19,22)(H,20,21). The molecule has 1 aliphatic carbocycles. The third-order valence-corrected chi connectivity index (χ3v) is 4.45. The second kappa shape index (κ2) is 7.43. The Kier molecular flexibility index (Phi) is 5.58. The molecule has 1 saturated carbocycles. The quantitative estimate of drug-likeness (QED) is 0.878. The number of carbonyl (C=O) groups is 2. The summed E-state index contributed by atoms with van der Waals surface area (Å²) < 4.78 is 0. The molecule has 2 rings (SSSR count). The van der Waals surface area contributed by atoms with E-state index in [0.29, 0.717) is 0 Å². The first-order valence-electron chi connectivity index (χ1n) is 8.11. The molecule has 1 fully saturated rings. The van der Waals surface area contributed by atoms with E-state index in [4.69, 9.17) is 0 Å². The topological polar surface area (TPSA) is 58.2 Å². The Balaban J connectivity index is 2.03. The second-order valence-corrected chi connectivity index (χ2v) is 6.36. The lowest BCUT2D eigenvalue weighted by molar-refractivity contribution is -0.129. The molecule has 0 spiro atoms. The minimum Gasteiger partial charge on any atom is -0.348 e. The fourth-order valence-corrected chi connectivity index (χ4v) is 3.15. The van der Waals surface area contributed by atoms with Crippen LogP contribution in [-0.2, 0) is 9.59 Å². The number of amides is 2. The van der Waals surface area contributed by atoms with Crippen molar-refractivity contribution < 1.29 is 9.59 Å². The van der Waals surface area contributed by atoms with E-state index in [1.807, 2.05) is 38.1 Å². The summed E-state index contributed by atoms with van der Waals surface area (Å²) in [5, 5.41) is 5.88. The molecule has 2 atom stereocenters. The molecule has 2 amide bonds. The summed E-state index contributed by atoms with van der Waals surface area (Å²) in [6, 6.07) is 7.67. The van der Waals surface area contributed by atoms with Gasteiger partial charge in [0.05, 0.1) is 6.04 Å². The van der Waals surface area contributed by atoms with Crippen molar-refractivity contribution in [1.82, 2.24) is 10.6 Å². The number of nitrogens with one attached hydrogen (secondary N) is 2. The molecule has 4 heteroatoms. The summed E-state index contributed by atoms with van der Waals surface area (Å²) in [5.41, 5.74) is 2.27. The highest BCUT2D eigenvalue weighted by molar-refractivity contribution is 5.87. The van der Waals surface area contributed by atoms with E-state index in [-0.39, 0.29) is 23.8 Å². The van der Waals surface area contributed by atoms with Crippen molar-refractivity contribution in [3.8, 4) is 0 Å². The maximum atomic E-state index is 12.6. The van der Waals surface area contributed by atoms with Gasteiger partial charge in [-0.3, -0.25) is 9.59 Å². The van der Waals surface area contributed by atoms with Crippen LogP contribution in [0.5, 0.6) is 0 Å². The monoisotopic (exact) mass is 302 g/mol. The maximum Gasteiger partial charge on any atom is 0.243 e. The summed E-state index contributed by atoms with van der Waals surface area (Å²) in [5.74, 6) is 0.0410. The molecule has 0 radical (unpaired) electrons. The normalized spacial score (nSPS) is 17.8. The Morgan fingerprint density at radius 2 is 1.68 bits per heavy atom. The van der Waals surface area contributed by atoms with Gasteiger partial charge in [-0.1, -0.05) is 42.7 Å². The molecule has 2 unspecified atom stereocenters. The lowest BCUT2D eigenvalue weighted by atomic mass is 9.96. The van der Waals surface area contributed by atoms with Crippen LogP contribution < -0.4 is 10.6 Å². The molecule has 0 aromatic heterocycles. The third kappa shape index (κ3) is 4.33. The maximum absolute atomic E-state index is 12.6. The minimum absolute atomic E-state index is 0.0641. The van der Waals surface area contributed by atoms with Crippen LogP contribution in [0, 0.1) is 12.8 Å². The van der Waals surface area contributed by atoms with Crippen LogP contribution in [0.3, 0.4) is 0 Å². The Bertz CT molecular complexity index is 518. The van der Waals surface area contributed by atoms with Gasteiger partial charge in [-0.05, 0) is 38.2 Å².